The molecular formula is C11H21N2O5P. The molecule has 0 saturated heterocycles. The molecule has 0 aliphatic carbocycles. The van der Waals surface area contributed by atoms with Gasteiger partial charge in [-0.3, -0.25) is 14.1 Å². The zero-order chi connectivity index (χ0) is 14.8. The van der Waals surface area contributed by atoms with Crippen molar-refractivity contribution in [1.82, 2.24) is 9.55 Å². The fourth-order valence-electron chi connectivity index (χ4n) is 1.79. The van der Waals surface area contributed by atoms with E-state index in [1.807, 2.05) is 0 Å². The van der Waals surface area contributed by atoms with E-state index in [2.05, 4.69) is 4.98 Å². The highest BCUT2D eigenvalue weighted by atomic mass is 31.2. The number of aromatic hydroxyl groups is 1. The van der Waals surface area contributed by atoms with Gasteiger partial charge in [-0.15, -0.1) is 0 Å². The van der Waals surface area contributed by atoms with E-state index in [4.69, 9.17) is 9.05 Å². The quantitative estimate of drug-likeness (QED) is 0.803. The number of imidazole rings is 1. The van der Waals surface area contributed by atoms with Gasteiger partial charge in [0.1, 0.15) is 0 Å². The predicted molar refractivity (Wildman–Crippen MR) is 72.2 cm³/mol. The van der Waals surface area contributed by atoms with Crippen LogP contribution >= 0.6 is 7.60 Å². The molecular weight excluding hydrogens is 271 g/mol. The van der Waals surface area contributed by atoms with E-state index in [0.717, 1.165) is 0 Å². The fourth-order valence-corrected chi connectivity index (χ4v) is 3.74. The Balaban J connectivity index is 3.56. The van der Waals surface area contributed by atoms with Gasteiger partial charge in [-0.1, -0.05) is 0 Å². The largest absolute Gasteiger partial charge is 0.493 e. The maximum Gasteiger partial charge on any atom is 0.383 e. The van der Waals surface area contributed by atoms with Crippen LogP contribution in [0.5, 0.6) is 5.88 Å². The minimum atomic E-state index is -3.74. The molecule has 0 atom stereocenters. The van der Waals surface area contributed by atoms with Gasteiger partial charge in [0.05, 0.1) is 13.2 Å². The Bertz CT molecular complexity index is 530. The van der Waals surface area contributed by atoms with Gasteiger partial charge < -0.3 is 14.2 Å². The first-order valence-corrected chi connectivity index (χ1v) is 7.65. The van der Waals surface area contributed by atoms with Gasteiger partial charge in [-0.05, 0) is 34.6 Å². The molecule has 0 radical (unpaired) electrons. The Hall–Kier alpha value is -1.04. The van der Waals surface area contributed by atoms with E-state index in [0.29, 0.717) is 0 Å². The molecule has 0 fully saturated rings. The first kappa shape index (κ1) is 16.0. The van der Waals surface area contributed by atoms with Gasteiger partial charge in [-0.2, -0.15) is 0 Å². The van der Waals surface area contributed by atoms with E-state index in [1.165, 1.54) is 4.57 Å². The fraction of sp³-hybridized carbons (Fsp3) is 0.727. The Kier molecular flexibility index (Phi) is 4.66. The van der Waals surface area contributed by atoms with Crippen LogP contribution in [0.3, 0.4) is 0 Å². The third-order valence-electron chi connectivity index (χ3n) is 2.38. The normalized spacial score (nSPS) is 12.9. The lowest BCUT2D eigenvalue weighted by atomic mass is 10.1. The molecule has 7 nitrogen and oxygen atoms in total. The van der Waals surface area contributed by atoms with Crippen molar-refractivity contribution < 1.29 is 18.7 Å². The van der Waals surface area contributed by atoms with Crippen LogP contribution in [-0.4, -0.2) is 27.9 Å². The molecule has 1 heterocycles. The van der Waals surface area contributed by atoms with Crippen LogP contribution in [0.4, 0.5) is 0 Å². The van der Waals surface area contributed by atoms with Crippen molar-refractivity contribution in [3.63, 3.8) is 0 Å². The number of hydrogen-bond acceptors (Lipinski definition) is 5. The van der Waals surface area contributed by atoms with Gasteiger partial charge in [0.15, 0.2) is 5.44 Å². The third kappa shape index (κ3) is 3.11. The molecule has 1 aromatic heterocycles. The Morgan fingerprint density at radius 3 is 2.11 bits per heavy atom. The van der Waals surface area contributed by atoms with Gasteiger partial charge in [0.2, 0.25) is 5.88 Å². The molecule has 0 aliphatic heterocycles. The van der Waals surface area contributed by atoms with E-state index >= 15 is 0 Å². The number of hydrogen-bond donors (Lipinski definition) is 2. The molecule has 0 saturated carbocycles. The van der Waals surface area contributed by atoms with Crippen molar-refractivity contribution in [3.05, 3.63) is 10.5 Å². The van der Waals surface area contributed by atoms with Crippen LogP contribution in [0.25, 0.3) is 0 Å². The second-order valence-electron chi connectivity index (χ2n) is 4.94. The number of rotatable bonds is 5. The van der Waals surface area contributed by atoms with E-state index < -0.39 is 24.7 Å². The Morgan fingerprint density at radius 1 is 1.26 bits per heavy atom. The molecule has 0 aromatic carbocycles. The predicted octanol–water partition coefficient (Wildman–Crippen LogP) is 1.53. The number of aromatic nitrogens is 2. The molecule has 2 N–H and O–H groups in total. The maximum atomic E-state index is 12.7. The number of H-pyrrole nitrogens is 1. The summed E-state index contributed by atoms with van der Waals surface area (Å²) in [5, 5.41) is 9.86. The standard InChI is InChI=1S/C11H21N2O5P/c1-6-17-19(16,18-7-2)9-8(14)12-10(15)13(9)11(3,4)5/h14H,6-7H2,1-5H3,(H,12,15). The van der Waals surface area contributed by atoms with Crippen molar-refractivity contribution >= 4 is 13.0 Å². The molecule has 1 aromatic rings. The molecule has 1 rings (SSSR count). The van der Waals surface area contributed by atoms with Crippen LogP contribution in [-0.2, 0) is 19.2 Å². The van der Waals surface area contributed by atoms with Crippen molar-refractivity contribution in [2.75, 3.05) is 13.2 Å². The highest BCUT2D eigenvalue weighted by molar-refractivity contribution is 7.62. The second-order valence-corrected chi connectivity index (χ2v) is 6.88. The second kappa shape index (κ2) is 5.53. The van der Waals surface area contributed by atoms with Crippen molar-refractivity contribution in [3.8, 4) is 5.88 Å². The van der Waals surface area contributed by atoms with Crippen LogP contribution in [0, 0.1) is 0 Å². The number of nitrogens with one attached hydrogen (secondary N) is 1. The lowest BCUT2D eigenvalue weighted by Gasteiger charge is -2.25. The van der Waals surface area contributed by atoms with Gasteiger partial charge in [0.25, 0.3) is 0 Å². The van der Waals surface area contributed by atoms with Crippen molar-refractivity contribution in [1.29, 1.82) is 0 Å². The summed E-state index contributed by atoms with van der Waals surface area (Å²) in [5.41, 5.74) is -1.36. The summed E-state index contributed by atoms with van der Waals surface area (Å²) in [5.74, 6) is -0.481. The van der Waals surface area contributed by atoms with Gasteiger partial charge >= 0.3 is 13.3 Å². The summed E-state index contributed by atoms with van der Waals surface area (Å²) in [6, 6.07) is 0. The average molecular weight is 292 g/mol. The van der Waals surface area contributed by atoms with Gasteiger partial charge in [0, 0.05) is 5.54 Å². The molecule has 0 unspecified atom stereocenters. The van der Waals surface area contributed by atoms with Crippen molar-refractivity contribution in [2.24, 2.45) is 0 Å². The van der Waals surface area contributed by atoms with Gasteiger partial charge in [-0.25, -0.2) is 4.79 Å². The molecule has 0 aliphatic rings. The molecule has 110 valence electrons. The average Bonchev–Trinajstić information content (AvgIpc) is 2.54. The summed E-state index contributed by atoms with van der Waals surface area (Å²) >= 11 is 0. The first-order chi connectivity index (χ1) is 8.67. The minimum Gasteiger partial charge on any atom is -0.493 e. The maximum absolute atomic E-state index is 12.7. The van der Waals surface area contributed by atoms with Crippen LogP contribution in [0.15, 0.2) is 4.79 Å². The Labute approximate surface area is 112 Å². The summed E-state index contributed by atoms with van der Waals surface area (Å²) in [6.07, 6.45) is 0. The highest BCUT2D eigenvalue weighted by Gasteiger charge is 2.39. The van der Waals surface area contributed by atoms with E-state index in [9.17, 15) is 14.5 Å². The highest BCUT2D eigenvalue weighted by Crippen LogP contribution is 2.49. The SMILES string of the molecule is CCOP(=O)(OCC)c1c(O)[nH]c(=O)n1C(C)(C)C. The smallest absolute Gasteiger partial charge is 0.383 e. The van der Waals surface area contributed by atoms with Crippen molar-refractivity contribution in [2.45, 2.75) is 40.2 Å². The van der Waals surface area contributed by atoms with Crippen LogP contribution < -0.4 is 11.1 Å². The summed E-state index contributed by atoms with van der Waals surface area (Å²) in [6.45, 7) is 8.87. The van der Waals surface area contributed by atoms with E-state index in [1.54, 1.807) is 34.6 Å². The molecule has 19 heavy (non-hydrogen) atoms. The summed E-state index contributed by atoms with van der Waals surface area (Å²) in [4.78, 5) is 14.1. The van der Waals surface area contributed by atoms with E-state index in [-0.39, 0.29) is 18.6 Å². The van der Waals surface area contributed by atoms with Crippen LogP contribution in [0.2, 0.25) is 0 Å². The summed E-state index contributed by atoms with van der Waals surface area (Å²) < 4.78 is 24.3. The van der Waals surface area contributed by atoms with Crippen LogP contribution in [0.1, 0.15) is 34.6 Å². The zero-order valence-corrected chi connectivity index (χ0v) is 12.8. The third-order valence-corrected chi connectivity index (χ3v) is 4.51. The first-order valence-electron chi connectivity index (χ1n) is 6.11. The lowest BCUT2D eigenvalue weighted by Crippen LogP contribution is -2.39. The number of nitrogens with zero attached hydrogens (tertiary/aromatic N) is 1. The molecule has 0 bridgehead atoms. The Morgan fingerprint density at radius 2 is 1.74 bits per heavy atom. The topological polar surface area (TPSA) is 93.6 Å². The number of aromatic amines is 1. The summed E-state index contributed by atoms with van der Waals surface area (Å²) in [7, 11) is -3.74. The monoisotopic (exact) mass is 292 g/mol. The molecule has 8 heteroatoms. The molecule has 0 spiro atoms. The minimum absolute atomic E-state index is 0.131. The molecule has 0 amide bonds. The lowest BCUT2D eigenvalue weighted by molar-refractivity contribution is 0.226. The zero-order valence-electron chi connectivity index (χ0n) is 11.9.